The summed E-state index contributed by atoms with van der Waals surface area (Å²) in [5.41, 5.74) is 0.148. The summed E-state index contributed by atoms with van der Waals surface area (Å²) in [6.07, 6.45) is 0.280. The van der Waals surface area contributed by atoms with Crippen molar-refractivity contribution in [3.05, 3.63) is 51.8 Å². The predicted octanol–water partition coefficient (Wildman–Crippen LogP) is 2.97. The number of nitrogens with zero attached hydrogens (tertiary/aromatic N) is 2. The first-order valence-electron chi connectivity index (χ1n) is 8.13. The van der Waals surface area contributed by atoms with E-state index in [1.54, 1.807) is 43.5 Å². The molecule has 3 rings (SSSR count). The lowest BCUT2D eigenvalue weighted by molar-refractivity contribution is -0.115. The molecule has 0 aliphatic heterocycles. The second kappa shape index (κ2) is 7.49. The fraction of sp³-hybridized carbons (Fsp3) is 0.222. The van der Waals surface area contributed by atoms with Crippen LogP contribution < -0.4 is 10.9 Å². The summed E-state index contributed by atoms with van der Waals surface area (Å²) >= 11 is 1.18. The lowest BCUT2D eigenvalue weighted by Gasteiger charge is -2.09. The topological polar surface area (TPSA) is 90.3 Å². The maximum absolute atomic E-state index is 13.0. The number of nitrogens with one attached hydrogen (secondary N) is 1. The van der Waals surface area contributed by atoms with E-state index in [0.717, 1.165) is 4.68 Å². The Bertz CT molecular complexity index is 1020. The molecule has 0 spiro atoms. The highest BCUT2D eigenvalue weighted by Gasteiger charge is 2.22. The molecule has 1 N–H and O–H groups in total. The Hall–Kier alpha value is -3.00. The van der Waals surface area contributed by atoms with E-state index in [2.05, 4.69) is 10.4 Å². The molecule has 0 saturated carbocycles. The summed E-state index contributed by atoms with van der Waals surface area (Å²) in [5, 5.41) is 9.60. The number of hydrogen-bond acceptors (Lipinski definition) is 6. The van der Waals surface area contributed by atoms with Gasteiger partial charge in [0.25, 0.3) is 5.56 Å². The second-order valence-corrected chi connectivity index (χ2v) is 6.26. The lowest BCUT2D eigenvalue weighted by atomic mass is 10.2. The fourth-order valence-electron chi connectivity index (χ4n) is 2.45. The van der Waals surface area contributed by atoms with Gasteiger partial charge in [-0.25, -0.2) is 4.79 Å². The molecule has 0 unspecified atom stereocenters. The standard InChI is InChI=1S/C18H17N3O4S/c1-3-13(22)19-16-14-12(10-26-16)15(18(24)25-4-2)20-21(17(14)23)11-8-6-5-7-9-11/h5-10H,3-4H2,1-2H3,(H,19,22). The number of esters is 1. The number of ether oxygens (including phenoxy) is 1. The third-order valence-corrected chi connectivity index (χ3v) is 4.59. The molecule has 0 saturated heterocycles. The van der Waals surface area contributed by atoms with E-state index in [1.807, 2.05) is 6.07 Å². The number of carbonyl (C=O) groups is 2. The first-order valence-corrected chi connectivity index (χ1v) is 9.01. The highest BCUT2D eigenvalue weighted by atomic mass is 32.1. The third-order valence-electron chi connectivity index (χ3n) is 3.70. The molecular weight excluding hydrogens is 354 g/mol. The van der Waals surface area contributed by atoms with Gasteiger partial charge in [-0.15, -0.1) is 11.3 Å². The molecule has 134 valence electrons. The zero-order valence-electron chi connectivity index (χ0n) is 14.3. The van der Waals surface area contributed by atoms with Gasteiger partial charge >= 0.3 is 5.97 Å². The molecule has 26 heavy (non-hydrogen) atoms. The molecule has 2 heterocycles. The van der Waals surface area contributed by atoms with Gasteiger partial charge in [0.05, 0.1) is 17.7 Å². The molecule has 1 amide bonds. The van der Waals surface area contributed by atoms with Crippen molar-refractivity contribution in [1.82, 2.24) is 9.78 Å². The van der Waals surface area contributed by atoms with Gasteiger partial charge in [-0.2, -0.15) is 9.78 Å². The molecule has 0 atom stereocenters. The molecule has 0 fully saturated rings. The Morgan fingerprint density at radius 1 is 1.23 bits per heavy atom. The fourth-order valence-corrected chi connectivity index (χ4v) is 3.40. The average molecular weight is 371 g/mol. The van der Waals surface area contributed by atoms with Crippen molar-refractivity contribution in [2.75, 3.05) is 11.9 Å². The van der Waals surface area contributed by atoms with E-state index in [1.165, 1.54) is 11.3 Å². The van der Waals surface area contributed by atoms with E-state index in [-0.39, 0.29) is 30.0 Å². The van der Waals surface area contributed by atoms with Gasteiger partial charge in [0.15, 0.2) is 5.69 Å². The number of fused-ring (bicyclic) bond motifs is 1. The van der Waals surface area contributed by atoms with Crippen LogP contribution in [0.5, 0.6) is 0 Å². The number of aromatic nitrogens is 2. The Morgan fingerprint density at radius 2 is 1.96 bits per heavy atom. The molecular formula is C18H17N3O4S. The Kier molecular flexibility index (Phi) is 5.13. The summed E-state index contributed by atoms with van der Waals surface area (Å²) < 4.78 is 6.23. The number of para-hydroxylation sites is 1. The zero-order chi connectivity index (χ0) is 18.7. The van der Waals surface area contributed by atoms with Gasteiger partial charge in [0, 0.05) is 17.2 Å². The van der Waals surface area contributed by atoms with E-state index in [9.17, 15) is 14.4 Å². The van der Waals surface area contributed by atoms with Crippen LogP contribution in [0.4, 0.5) is 5.00 Å². The predicted molar refractivity (Wildman–Crippen MR) is 100 cm³/mol. The van der Waals surface area contributed by atoms with Crippen molar-refractivity contribution in [3.8, 4) is 5.69 Å². The van der Waals surface area contributed by atoms with Gasteiger partial charge in [0.2, 0.25) is 5.91 Å². The Morgan fingerprint density at radius 3 is 2.62 bits per heavy atom. The third kappa shape index (κ3) is 3.23. The number of anilines is 1. The van der Waals surface area contributed by atoms with Crippen LogP contribution in [0.1, 0.15) is 30.8 Å². The van der Waals surface area contributed by atoms with Crippen molar-refractivity contribution in [2.45, 2.75) is 20.3 Å². The molecule has 3 aromatic rings. The Balaban J connectivity index is 2.29. The average Bonchev–Trinajstić information content (AvgIpc) is 3.07. The van der Waals surface area contributed by atoms with Gasteiger partial charge in [-0.05, 0) is 19.1 Å². The van der Waals surface area contributed by atoms with E-state index in [0.29, 0.717) is 16.1 Å². The van der Waals surface area contributed by atoms with Crippen molar-refractivity contribution in [1.29, 1.82) is 0 Å². The molecule has 2 aromatic heterocycles. The minimum absolute atomic E-state index is 0.0403. The monoisotopic (exact) mass is 371 g/mol. The summed E-state index contributed by atoms with van der Waals surface area (Å²) in [4.78, 5) is 37.2. The van der Waals surface area contributed by atoms with Crippen molar-refractivity contribution >= 4 is 39.0 Å². The number of rotatable bonds is 5. The first kappa shape index (κ1) is 17.8. The molecule has 8 heteroatoms. The molecule has 1 aromatic carbocycles. The van der Waals surface area contributed by atoms with Crippen molar-refractivity contribution < 1.29 is 14.3 Å². The normalized spacial score (nSPS) is 10.7. The number of carbonyl (C=O) groups excluding carboxylic acids is 2. The van der Waals surface area contributed by atoms with Crippen LogP contribution in [0, 0.1) is 0 Å². The van der Waals surface area contributed by atoms with Crippen LogP contribution in [0.2, 0.25) is 0 Å². The van der Waals surface area contributed by atoms with Crippen LogP contribution in [-0.2, 0) is 9.53 Å². The van der Waals surface area contributed by atoms with Gasteiger partial charge in [-0.3, -0.25) is 9.59 Å². The van der Waals surface area contributed by atoms with Gasteiger partial charge in [0.1, 0.15) is 5.00 Å². The quantitative estimate of drug-likeness (QED) is 0.697. The molecule has 0 radical (unpaired) electrons. The van der Waals surface area contributed by atoms with E-state index >= 15 is 0 Å². The van der Waals surface area contributed by atoms with Gasteiger partial charge in [-0.1, -0.05) is 25.1 Å². The van der Waals surface area contributed by atoms with Crippen LogP contribution >= 0.6 is 11.3 Å². The molecule has 0 aliphatic carbocycles. The van der Waals surface area contributed by atoms with Crippen LogP contribution in [0.25, 0.3) is 16.5 Å². The van der Waals surface area contributed by atoms with Crippen molar-refractivity contribution in [3.63, 3.8) is 0 Å². The summed E-state index contributed by atoms with van der Waals surface area (Å²) in [6.45, 7) is 3.61. The van der Waals surface area contributed by atoms with Crippen LogP contribution in [0.3, 0.4) is 0 Å². The first-order chi connectivity index (χ1) is 12.6. The zero-order valence-corrected chi connectivity index (χ0v) is 15.1. The Labute approximate surface area is 153 Å². The molecule has 0 aliphatic rings. The van der Waals surface area contributed by atoms with Gasteiger partial charge < -0.3 is 10.1 Å². The van der Waals surface area contributed by atoms with E-state index in [4.69, 9.17) is 4.74 Å². The number of thiophene rings is 1. The lowest BCUT2D eigenvalue weighted by Crippen LogP contribution is -2.25. The minimum Gasteiger partial charge on any atom is -0.461 e. The maximum Gasteiger partial charge on any atom is 0.359 e. The number of amides is 1. The van der Waals surface area contributed by atoms with E-state index < -0.39 is 11.5 Å². The molecule has 0 bridgehead atoms. The summed E-state index contributed by atoms with van der Waals surface area (Å²) in [6, 6.07) is 8.78. The maximum atomic E-state index is 13.0. The summed E-state index contributed by atoms with van der Waals surface area (Å²) in [5.74, 6) is -0.831. The SMILES string of the molecule is CCOC(=O)c1nn(-c2ccccc2)c(=O)c2c(NC(=O)CC)scc12. The molecule has 7 nitrogen and oxygen atoms in total. The largest absolute Gasteiger partial charge is 0.461 e. The smallest absolute Gasteiger partial charge is 0.359 e. The van der Waals surface area contributed by atoms with Crippen molar-refractivity contribution in [2.24, 2.45) is 0 Å². The summed E-state index contributed by atoms with van der Waals surface area (Å²) in [7, 11) is 0. The highest BCUT2D eigenvalue weighted by Crippen LogP contribution is 2.30. The van der Waals surface area contributed by atoms with Crippen LogP contribution in [-0.4, -0.2) is 28.3 Å². The second-order valence-electron chi connectivity index (χ2n) is 5.38. The highest BCUT2D eigenvalue weighted by molar-refractivity contribution is 7.16. The minimum atomic E-state index is -0.617. The number of benzene rings is 1. The van der Waals surface area contributed by atoms with Crippen LogP contribution in [0.15, 0.2) is 40.5 Å². The number of hydrogen-bond donors (Lipinski definition) is 1.